The summed E-state index contributed by atoms with van der Waals surface area (Å²) in [4.78, 5) is 5.21. The minimum Gasteiger partial charge on any atom is -0.311 e. The van der Waals surface area contributed by atoms with Crippen molar-refractivity contribution in [1.29, 1.82) is 0 Å². The van der Waals surface area contributed by atoms with Gasteiger partial charge >= 0.3 is 0 Å². The molecule has 0 spiro atoms. The number of aryl methyl sites for hydroxylation is 2. The number of nitrogens with zero attached hydrogens (tertiary/aromatic N) is 2. The van der Waals surface area contributed by atoms with Gasteiger partial charge in [0.25, 0.3) is 6.71 Å². The molecule has 0 saturated carbocycles. The molecule has 2 heterocycles. The van der Waals surface area contributed by atoms with Crippen molar-refractivity contribution in [2.75, 3.05) is 9.80 Å². The monoisotopic (exact) mass is 672 g/mol. The fourth-order valence-corrected chi connectivity index (χ4v) is 8.21. The molecule has 0 saturated heterocycles. The normalized spacial score (nSPS) is 14.4. The topological polar surface area (TPSA) is 6.48 Å². The quantitative estimate of drug-likeness (QED) is 0.169. The van der Waals surface area contributed by atoms with E-state index in [9.17, 15) is 0 Å². The van der Waals surface area contributed by atoms with Crippen LogP contribution in [0.15, 0.2) is 91.0 Å². The van der Waals surface area contributed by atoms with E-state index in [4.69, 9.17) is 0 Å². The van der Waals surface area contributed by atoms with E-state index in [1.54, 1.807) is 0 Å². The van der Waals surface area contributed by atoms with Gasteiger partial charge in [0.05, 0.1) is 0 Å². The summed E-state index contributed by atoms with van der Waals surface area (Å²) >= 11 is 0. The van der Waals surface area contributed by atoms with Gasteiger partial charge in [-0.15, -0.1) is 0 Å². The minimum absolute atomic E-state index is 0.0131. The first kappa shape index (κ1) is 35.2. The summed E-state index contributed by atoms with van der Waals surface area (Å²) in [6.45, 7) is 32.8. The van der Waals surface area contributed by atoms with Crippen molar-refractivity contribution in [2.45, 2.75) is 119 Å². The van der Waals surface area contributed by atoms with Crippen molar-refractivity contribution >= 4 is 57.2 Å². The molecule has 2 aliphatic rings. The van der Waals surface area contributed by atoms with Crippen LogP contribution in [0.1, 0.15) is 116 Å². The average Bonchev–Trinajstić information content (AvgIpc) is 3.03. The molecular formula is C48H57BN2. The van der Waals surface area contributed by atoms with Gasteiger partial charge < -0.3 is 9.80 Å². The Morgan fingerprint density at radius 2 is 0.824 bits per heavy atom. The highest BCUT2D eigenvalue weighted by atomic mass is 15.2. The molecule has 5 aromatic rings. The van der Waals surface area contributed by atoms with E-state index in [1.807, 2.05) is 0 Å². The lowest BCUT2D eigenvalue weighted by molar-refractivity contribution is 0.570. The third-order valence-corrected chi connectivity index (χ3v) is 11.1. The van der Waals surface area contributed by atoms with Gasteiger partial charge in [-0.2, -0.15) is 0 Å². The third kappa shape index (κ3) is 5.91. The highest BCUT2D eigenvalue weighted by Gasteiger charge is 2.47. The lowest BCUT2D eigenvalue weighted by Crippen LogP contribution is -2.62. The zero-order valence-corrected chi connectivity index (χ0v) is 33.6. The molecule has 0 radical (unpaired) electrons. The Kier molecular flexibility index (Phi) is 8.03. The molecule has 0 fully saturated rings. The Labute approximate surface area is 309 Å². The number of fused-ring (bicyclic) bond motifs is 4. The zero-order valence-electron chi connectivity index (χ0n) is 33.6. The molecule has 0 unspecified atom stereocenters. The largest absolute Gasteiger partial charge is 0.311 e. The molecule has 7 rings (SSSR count). The van der Waals surface area contributed by atoms with Crippen molar-refractivity contribution in [2.24, 2.45) is 0 Å². The third-order valence-electron chi connectivity index (χ3n) is 11.1. The standard InChI is InChI=1S/C48H57BN2/c1-30-15-21-34(22-16-30)50-40-25-17-31(2)27-38(40)49-39-28-33(46(6,7)8)20-26-41(39)51(35-23-18-32(19-24-35)45(3,4)5)44-37(48(12,13)14)29-36(47(9,10)11)43(50)42(44)49/h15-29H,1-14H3. The van der Waals surface area contributed by atoms with Crippen LogP contribution in [0.2, 0.25) is 0 Å². The Bertz CT molecular complexity index is 2140. The van der Waals surface area contributed by atoms with Gasteiger partial charge in [-0.3, -0.25) is 0 Å². The Hall–Kier alpha value is -4.24. The summed E-state index contributed by atoms with van der Waals surface area (Å²) in [6, 6.07) is 35.6. The average molecular weight is 673 g/mol. The first-order valence-electron chi connectivity index (χ1n) is 18.9. The number of hydrogen-bond donors (Lipinski definition) is 0. The molecule has 3 heteroatoms. The molecule has 0 amide bonds. The van der Waals surface area contributed by atoms with E-state index < -0.39 is 0 Å². The van der Waals surface area contributed by atoms with Gasteiger partial charge in [-0.25, -0.2) is 0 Å². The maximum absolute atomic E-state index is 2.62. The van der Waals surface area contributed by atoms with Gasteiger partial charge in [0, 0.05) is 34.1 Å². The number of anilines is 6. The molecular weight excluding hydrogens is 615 g/mol. The first-order valence-corrected chi connectivity index (χ1v) is 18.9. The van der Waals surface area contributed by atoms with E-state index in [-0.39, 0.29) is 28.4 Å². The highest BCUT2D eigenvalue weighted by Crippen LogP contribution is 2.51. The minimum atomic E-state index is -0.108. The lowest BCUT2D eigenvalue weighted by atomic mass is 9.32. The van der Waals surface area contributed by atoms with E-state index in [1.165, 1.54) is 83.9 Å². The summed E-state index contributed by atoms with van der Waals surface area (Å²) in [7, 11) is 0. The van der Waals surface area contributed by atoms with Crippen molar-refractivity contribution in [1.82, 2.24) is 0 Å². The van der Waals surface area contributed by atoms with Crippen molar-refractivity contribution < 1.29 is 0 Å². The van der Waals surface area contributed by atoms with Crippen LogP contribution in [0.4, 0.5) is 34.1 Å². The van der Waals surface area contributed by atoms with E-state index in [0.29, 0.717) is 0 Å². The van der Waals surface area contributed by atoms with Crippen LogP contribution in [-0.2, 0) is 21.7 Å². The van der Waals surface area contributed by atoms with Gasteiger partial charge in [0.1, 0.15) is 0 Å². The molecule has 0 atom stereocenters. The van der Waals surface area contributed by atoms with Crippen LogP contribution < -0.4 is 26.2 Å². The second kappa shape index (κ2) is 11.6. The van der Waals surface area contributed by atoms with Gasteiger partial charge in [-0.1, -0.05) is 149 Å². The molecule has 262 valence electrons. The molecule has 2 aliphatic heterocycles. The van der Waals surface area contributed by atoms with Crippen LogP contribution in [0.3, 0.4) is 0 Å². The van der Waals surface area contributed by atoms with Crippen molar-refractivity contribution in [3.05, 3.63) is 124 Å². The summed E-state index contributed by atoms with van der Waals surface area (Å²) < 4.78 is 0. The number of rotatable bonds is 2. The van der Waals surface area contributed by atoms with Gasteiger partial charge in [0.15, 0.2) is 0 Å². The van der Waals surface area contributed by atoms with Crippen LogP contribution in [0.5, 0.6) is 0 Å². The Balaban J connectivity index is 1.70. The van der Waals surface area contributed by atoms with E-state index in [2.05, 4.69) is 198 Å². The molecule has 0 N–H and O–H groups in total. The zero-order chi connectivity index (χ0) is 37.0. The molecule has 0 aliphatic carbocycles. The molecule has 5 aromatic carbocycles. The first-order chi connectivity index (χ1) is 23.7. The van der Waals surface area contributed by atoms with Gasteiger partial charge in [0.2, 0.25) is 0 Å². The molecule has 2 nitrogen and oxygen atoms in total. The van der Waals surface area contributed by atoms with Crippen molar-refractivity contribution in [3.8, 4) is 0 Å². The van der Waals surface area contributed by atoms with Gasteiger partial charge in [-0.05, 0) is 111 Å². The van der Waals surface area contributed by atoms with Crippen LogP contribution in [0, 0.1) is 13.8 Å². The summed E-state index contributed by atoms with van der Waals surface area (Å²) in [6.07, 6.45) is 0. The summed E-state index contributed by atoms with van der Waals surface area (Å²) in [5.41, 5.74) is 19.8. The second-order valence-electron chi connectivity index (χ2n) is 19.4. The number of hydrogen-bond acceptors (Lipinski definition) is 2. The summed E-state index contributed by atoms with van der Waals surface area (Å²) in [5.74, 6) is 0. The predicted octanol–water partition coefficient (Wildman–Crippen LogP) is 11.6. The maximum atomic E-state index is 2.62. The van der Waals surface area contributed by atoms with Crippen LogP contribution in [-0.4, -0.2) is 6.71 Å². The Morgan fingerprint density at radius 3 is 1.29 bits per heavy atom. The molecule has 51 heavy (non-hydrogen) atoms. The fourth-order valence-electron chi connectivity index (χ4n) is 8.21. The predicted molar refractivity (Wildman–Crippen MR) is 225 cm³/mol. The van der Waals surface area contributed by atoms with Crippen LogP contribution in [0.25, 0.3) is 0 Å². The summed E-state index contributed by atoms with van der Waals surface area (Å²) in [5, 5.41) is 0. The van der Waals surface area contributed by atoms with E-state index in [0.717, 1.165) is 0 Å². The SMILES string of the molecule is Cc1ccc(N2c3ccc(C)cc3B3c4cc(C(C)(C)C)ccc4N(c4ccc(C(C)(C)C)cc4)c4c(C(C)(C)C)cc(C(C)(C)C)c2c43)cc1. The molecule has 0 aromatic heterocycles. The maximum Gasteiger partial charge on any atom is 0.252 e. The fraction of sp³-hybridized carbons (Fsp3) is 0.375. The number of benzene rings is 5. The van der Waals surface area contributed by atoms with Crippen LogP contribution >= 0.6 is 0 Å². The smallest absolute Gasteiger partial charge is 0.252 e. The van der Waals surface area contributed by atoms with Crippen molar-refractivity contribution in [3.63, 3.8) is 0 Å². The highest BCUT2D eigenvalue weighted by molar-refractivity contribution is 7.00. The lowest BCUT2D eigenvalue weighted by Gasteiger charge is -2.48. The molecule has 0 bridgehead atoms. The second-order valence-corrected chi connectivity index (χ2v) is 19.4. The van der Waals surface area contributed by atoms with E-state index >= 15 is 0 Å². The Morgan fingerprint density at radius 1 is 0.412 bits per heavy atom.